The van der Waals surface area contributed by atoms with E-state index < -0.39 is 40.2 Å². The van der Waals surface area contributed by atoms with Gasteiger partial charge in [-0.05, 0) is 55.5 Å². The van der Waals surface area contributed by atoms with Crippen LogP contribution in [0.4, 0.5) is 10.1 Å². The second-order valence-corrected chi connectivity index (χ2v) is 11.2. The van der Waals surface area contributed by atoms with E-state index in [1.165, 1.54) is 63.4 Å². The molecule has 0 bridgehead atoms. The van der Waals surface area contributed by atoms with Gasteiger partial charge in [-0.1, -0.05) is 29.3 Å². The van der Waals surface area contributed by atoms with Crippen LogP contribution in [-0.2, 0) is 26.2 Å². The average Bonchev–Trinajstić information content (AvgIpc) is 2.94. The van der Waals surface area contributed by atoms with Crippen molar-refractivity contribution in [2.24, 2.45) is 0 Å². The number of hydrogen-bond donors (Lipinski definition) is 1. The summed E-state index contributed by atoms with van der Waals surface area (Å²) in [6, 6.07) is 12.4. The number of sulfonamides is 1. The maximum absolute atomic E-state index is 13.9. The summed E-state index contributed by atoms with van der Waals surface area (Å²) in [6.45, 7) is 0.581. The molecule has 0 spiro atoms. The highest BCUT2D eigenvalue weighted by Gasteiger charge is 2.33. The molecule has 40 heavy (non-hydrogen) atoms. The molecule has 13 heteroatoms. The molecular formula is C27H28Cl2FN3O6S. The van der Waals surface area contributed by atoms with Crippen LogP contribution in [0.3, 0.4) is 0 Å². The molecule has 2 amide bonds. The minimum absolute atomic E-state index is 0.0212. The van der Waals surface area contributed by atoms with Crippen molar-refractivity contribution in [1.29, 1.82) is 0 Å². The molecule has 0 fully saturated rings. The van der Waals surface area contributed by atoms with E-state index in [1.54, 1.807) is 18.2 Å². The Morgan fingerprint density at radius 2 is 1.57 bits per heavy atom. The van der Waals surface area contributed by atoms with Crippen LogP contribution in [-0.4, -0.2) is 59.0 Å². The molecule has 9 nitrogen and oxygen atoms in total. The number of anilines is 1. The zero-order chi connectivity index (χ0) is 29.6. The fourth-order valence-corrected chi connectivity index (χ4v) is 5.83. The predicted molar refractivity (Wildman–Crippen MR) is 151 cm³/mol. The van der Waals surface area contributed by atoms with Crippen molar-refractivity contribution in [3.8, 4) is 11.5 Å². The van der Waals surface area contributed by atoms with Crippen LogP contribution in [0.25, 0.3) is 0 Å². The lowest BCUT2D eigenvalue weighted by molar-refractivity contribution is -0.139. The van der Waals surface area contributed by atoms with E-state index in [9.17, 15) is 22.4 Å². The van der Waals surface area contributed by atoms with Crippen LogP contribution < -0.4 is 19.1 Å². The van der Waals surface area contributed by atoms with Gasteiger partial charge in [0, 0.05) is 35.3 Å². The molecule has 3 rings (SSSR count). The van der Waals surface area contributed by atoms with Crippen molar-refractivity contribution >= 4 is 50.7 Å². The summed E-state index contributed by atoms with van der Waals surface area (Å²) in [5.41, 5.74) is 0.402. The fourth-order valence-electron chi connectivity index (χ4n) is 3.89. The smallest absolute Gasteiger partial charge is 0.264 e. The summed E-state index contributed by atoms with van der Waals surface area (Å²) >= 11 is 12.7. The van der Waals surface area contributed by atoms with Gasteiger partial charge >= 0.3 is 0 Å². The molecule has 0 radical (unpaired) electrons. The summed E-state index contributed by atoms with van der Waals surface area (Å²) < 4.78 is 52.9. The van der Waals surface area contributed by atoms with Gasteiger partial charge in [0.2, 0.25) is 11.8 Å². The van der Waals surface area contributed by atoms with E-state index in [0.717, 1.165) is 16.4 Å². The SMILES string of the molecule is CNC(=O)[C@@H](C)N(Cc1c(Cl)cccc1Cl)C(=O)CN(c1ccc(F)cc1)S(=O)(=O)c1ccc(OC)c(OC)c1. The van der Waals surface area contributed by atoms with Crippen molar-refractivity contribution in [3.63, 3.8) is 0 Å². The van der Waals surface area contributed by atoms with E-state index in [0.29, 0.717) is 11.3 Å². The number of halogens is 3. The number of methoxy groups -OCH3 is 2. The van der Waals surface area contributed by atoms with Gasteiger partial charge in [0.1, 0.15) is 18.4 Å². The maximum Gasteiger partial charge on any atom is 0.264 e. The maximum atomic E-state index is 13.9. The van der Waals surface area contributed by atoms with Crippen LogP contribution in [0.2, 0.25) is 10.0 Å². The molecule has 0 unspecified atom stereocenters. The first-order valence-corrected chi connectivity index (χ1v) is 14.1. The Morgan fingerprint density at radius 1 is 0.975 bits per heavy atom. The fraction of sp³-hybridized carbons (Fsp3) is 0.259. The molecule has 0 saturated heterocycles. The molecule has 214 valence electrons. The third kappa shape index (κ3) is 6.78. The predicted octanol–water partition coefficient (Wildman–Crippen LogP) is 4.51. The number of rotatable bonds is 11. The first kappa shape index (κ1) is 31.0. The van der Waals surface area contributed by atoms with E-state index in [2.05, 4.69) is 5.32 Å². The Kier molecular flexibility index (Phi) is 10.2. The van der Waals surface area contributed by atoms with Gasteiger partial charge in [0.05, 0.1) is 24.8 Å². The van der Waals surface area contributed by atoms with E-state index in [-0.39, 0.29) is 32.9 Å². The van der Waals surface area contributed by atoms with E-state index >= 15 is 0 Å². The van der Waals surface area contributed by atoms with Crippen LogP contribution in [0, 0.1) is 5.82 Å². The zero-order valence-corrected chi connectivity index (χ0v) is 24.5. The van der Waals surface area contributed by atoms with Gasteiger partial charge in [-0.3, -0.25) is 13.9 Å². The van der Waals surface area contributed by atoms with Crippen LogP contribution >= 0.6 is 23.2 Å². The zero-order valence-electron chi connectivity index (χ0n) is 22.2. The summed E-state index contributed by atoms with van der Waals surface area (Å²) in [5.74, 6) is -1.37. The third-order valence-electron chi connectivity index (χ3n) is 6.14. The number of nitrogens with zero attached hydrogens (tertiary/aromatic N) is 2. The van der Waals surface area contributed by atoms with Gasteiger partial charge in [-0.15, -0.1) is 0 Å². The van der Waals surface area contributed by atoms with E-state index in [1.807, 2.05) is 0 Å². The Hall–Kier alpha value is -3.54. The second kappa shape index (κ2) is 13.2. The minimum Gasteiger partial charge on any atom is -0.493 e. The molecule has 1 atom stereocenters. The first-order valence-electron chi connectivity index (χ1n) is 11.9. The quantitative estimate of drug-likeness (QED) is 0.342. The van der Waals surface area contributed by atoms with Gasteiger partial charge in [-0.2, -0.15) is 0 Å². The molecule has 0 heterocycles. The van der Waals surface area contributed by atoms with E-state index in [4.69, 9.17) is 32.7 Å². The molecular weight excluding hydrogens is 584 g/mol. The van der Waals surface area contributed by atoms with Crippen molar-refractivity contribution in [2.45, 2.75) is 24.4 Å². The highest BCUT2D eigenvalue weighted by molar-refractivity contribution is 7.92. The summed E-state index contributed by atoms with van der Waals surface area (Å²) in [7, 11) is -0.245. The third-order valence-corrected chi connectivity index (χ3v) is 8.62. The molecule has 0 aliphatic carbocycles. The normalized spacial score (nSPS) is 11.9. The Balaban J connectivity index is 2.10. The number of benzene rings is 3. The lowest BCUT2D eigenvalue weighted by Crippen LogP contribution is -2.50. The number of carbonyl (C=O) groups excluding carboxylic acids is 2. The van der Waals surface area contributed by atoms with Crippen LogP contribution in [0.1, 0.15) is 12.5 Å². The summed E-state index contributed by atoms with van der Waals surface area (Å²) in [4.78, 5) is 27.4. The molecule has 0 aliphatic heterocycles. The van der Waals surface area contributed by atoms with Crippen molar-refractivity contribution < 1.29 is 31.9 Å². The summed E-state index contributed by atoms with van der Waals surface area (Å²) in [5, 5.41) is 3.02. The van der Waals surface area contributed by atoms with Crippen molar-refractivity contribution in [2.75, 3.05) is 32.1 Å². The van der Waals surface area contributed by atoms with Gasteiger partial charge in [-0.25, -0.2) is 12.8 Å². The molecule has 0 saturated carbocycles. The number of ether oxygens (including phenoxy) is 2. The van der Waals surface area contributed by atoms with Gasteiger partial charge in [0.25, 0.3) is 10.0 Å². The summed E-state index contributed by atoms with van der Waals surface area (Å²) in [6.07, 6.45) is 0. The highest BCUT2D eigenvalue weighted by atomic mass is 35.5. The Morgan fingerprint density at radius 3 is 2.12 bits per heavy atom. The lowest BCUT2D eigenvalue weighted by Gasteiger charge is -2.32. The first-order chi connectivity index (χ1) is 18.9. The number of carbonyl (C=O) groups is 2. The van der Waals surface area contributed by atoms with Crippen LogP contribution in [0.5, 0.6) is 11.5 Å². The standard InChI is InChI=1S/C27H28Cl2FN3O6S/c1-17(27(35)31-2)32(15-21-22(28)6-5-7-23(21)29)26(34)16-33(19-10-8-18(30)9-11-19)40(36,37)20-12-13-24(38-3)25(14-20)39-4/h5-14,17H,15-16H2,1-4H3,(H,31,35)/t17-/m1/s1. The number of likely N-dealkylation sites (N-methyl/N-ethyl adjacent to an activating group) is 1. The Labute approximate surface area is 242 Å². The second-order valence-electron chi connectivity index (χ2n) is 8.52. The average molecular weight is 613 g/mol. The topological polar surface area (TPSA) is 105 Å². The number of amides is 2. The molecule has 1 N–H and O–H groups in total. The molecule has 3 aromatic rings. The molecule has 3 aromatic carbocycles. The highest BCUT2D eigenvalue weighted by Crippen LogP contribution is 2.33. The number of nitrogens with one attached hydrogen (secondary N) is 1. The lowest BCUT2D eigenvalue weighted by atomic mass is 10.1. The largest absolute Gasteiger partial charge is 0.493 e. The monoisotopic (exact) mass is 611 g/mol. The molecule has 0 aliphatic rings. The van der Waals surface area contributed by atoms with Crippen LogP contribution in [0.15, 0.2) is 65.6 Å². The Bertz CT molecular complexity index is 1470. The van der Waals surface area contributed by atoms with Crippen molar-refractivity contribution in [3.05, 3.63) is 82.1 Å². The molecule has 0 aromatic heterocycles. The van der Waals surface area contributed by atoms with Gasteiger partial charge < -0.3 is 19.7 Å². The minimum atomic E-state index is -4.42. The van der Waals surface area contributed by atoms with Gasteiger partial charge in [0.15, 0.2) is 11.5 Å². The van der Waals surface area contributed by atoms with Crippen molar-refractivity contribution in [1.82, 2.24) is 10.2 Å². The number of hydrogen-bond acceptors (Lipinski definition) is 6.